The second kappa shape index (κ2) is 10.4. The molecule has 6 nitrogen and oxygen atoms in total. The number of nitrogens with zero attached hydrogens (tertiary/aromatic N) is 1. The maximum Gasteiger partial charge on any atom is 0.199 e. The summed E-state index contributed by atoms with van der Waals surface area (Å²) >= 11 is 0. The summed E-state index contributed by atoms with van der Waals surface area (Å²) in [6.45, 7) is 0. The van der Waals surface area contributed by atoms with E-state index in [-0.39, 0.29) is 0 Å². The molecule has 2 aromatic carbocycles. The summed E-state index contributed by atoms with van der Waals surface area (Å²) in [4.78, 5) is 0. The summed E-state index contributed by atoms with van der Waals surface area (Å²) in [5.41, 5.74) is 5.67. The first kappa shape index (κ1) is 23.4. The highest BCUT2D eigenvalue weighted by Crippen LogP contribution is 2.36. The molecule has 0 saturated carbocycles. The molecular formula is C25H22ClNO5. The van der Waals surface area contributed by atoms with Crippen molar-refractivity contribution in [1.29, 1.82) is 0 Å². The average molecular weight is 452 g/mol. The predicted octanol–water partition coefficient (Wildman–Crippen LogP) is 0.513. The lowest BCUT2D eigenvalue weighted by molar-refractivity contribution is -2.00. The summed E-state index contributed by atoms with van der Waals surface area (Å²) in [5.74, 6) is 1.75. The van der Waals surface area contributed by atoms with E-state index < -0.39 is 10.2 Å². The van der Waals surface area contributed by atoms with Crippen LogP contribution in [0, 0.1) is 10.2 Å². The van der Waals surface area contributed by atoms with Crippen molar-refractivity contribution in [3.05, 3.63) is 114 Å². The molecule has 0 saturated heterocycles. The minimum Gasteiger partial charge on any atom is -0.456 e. The highest BCUT2D eigenvalue weighted by molar-refractivity contribution is 6.02. The fourth-order valence-corrected chi connectivity index (χ4v) is 3.12. The molecule has 0 N–H and O–H groups in total. The van der Waals surface area contributed by atoms with E-state index >= 15 is 0 Å². The molecular weight excluding hydrogens is 430 g/mol. The molecule has 0 unspecified atom stereocenters. The Morgan fingerprint density at radius 2 is 1.38 bits per heavy atom. The summed E-state index contributed by atoms with van der Waals surface area (Å²) < 4.78 is 42.3. The van der Waals surface area contributed by atoms with Crippen molar-refractivity contribution < 1.29 is 38.2 Å². The molecule has 7 heteroatoms. The minimum atomic E-state index is -4.94. The topological polar surface area (TPSA) is 104 Å². The zero-order valence-corrected chi connectivity index (χ0v) is 18.4. The highest BCUT2D eigenvalue weighted by Gasteiger charge is 2.17. The third-order valence-corrected chi connectivity index (χ3v) is 4.63. The van der Waals surface area contributed by atoms with Gasteiger partial charge in [0.25, 0.3) is 0 Å². The Morgan fingerprint density at radius 1 is 0.781 bits per heavy atom. The Kier molecular flexibility index (Phi) is 7.58. The van der Waals surface area contributed by atoms with Crippen molar-refractivity contribution in [2.45, 2.75) is 0 Å². The Balaban J connectivity index is 0.000000523. The number of fused-ring (bicyclic) bond motifs is 1. The lowest BCUT2D eigenvalue weighted by atomic mass is 9.97. The average Bonchev–Trinajstić information content (AvgIpc) is 2.77. The van der Waals surface area contributed by atoms with Crippen LogP contribution in [0.15, 0.2) is 102 Å². The molecule has 0 aromatic heterocycles. The number of ether oxygens (including phenoxy) is 1. The van der Waals surface area contributed by atoms with E-state index in [4.69, 9.17) is 23.4 Å². The van der Waals surface area contributed by atoms with E-state index in [9.17, 15) is 0 Å². The summed E-state index contributed by atoms with van der Waals surface area (Å²) in [7, 11) is -0.851. The molecule has 2 aliphatic rings. The molecule has 0 amide bonds. The quantitative estimate of drug-likeness (QED) is 0.619. The van der Waals surface area contributed by atoms with E-state index in [0.717, 1.165) is 33.8 Å². The Labute approximate surface area is 189 Å². The first-order chi connectivity index (χ1) is 15.2. The fraction of sp³-hybridized carbons (Fsp3) is 0.0800. The summed E-state index contributed by atoms with van der Waals surface area (Å²) in [6, 6.07) is 18.5. The van der Waals surface area contributed by atoms with Gasteiger partial charge in [-0.1, -0.05) is 54.6 Å². The van der Waals surface area contributed by atoms with Crippen molar-refractivity contribution in [3.8, 4) is 5.75 Å². The van der Waals surface area contributed by atoms with Gasteiger partial charge in [0.2, 0.25) is 0 Å². The molecule has 2 aromatic rings. The van der Waals surface area contributed by atoms with E-state index in [0.29, 0.717) is 0 Å². The van der Waals surface area contributed by atoms with Crippen LogP contribution in [0.1, 0.15) is 11.1 Å². The monoisotopic (exact) mass is 451 g/mol. The van der Waals surface area contributed by atoms with Gasteiger partial charge in [-0.3, -0.25) is 0 Å². The van der Waals surface area contributed by atoms with Gasteiger partial charge in [0.1, 0.15) is 25.6 Å². The van der Waals surface area contributed by atoms with E-state index in [2.05, 4.69) is 77.4 Å². The minimum absolute atomic E-state index is 0.858. The van der Waals surface area contributed by atoms with Gasteiger partial charge in [-0.2, -0.15) is 0 Å². The lowest BCUT2D eigenvalue weighted by Gasteiger charge is -2.20. The maximum absolute atomic E-state index is 8.49. The Morgan fingerprint density at radius 3 is 2.00 bits per heavy atom. The first-order valence-corrected chi connectivity index (χ1v) is 10.9. The normalized spacial score (nSPS) is 15.9. The molecule has 1 heterocycles. The van der Waals surface area contributed by atoms with Crippen LogP contribution in [0.3, 0.4) is 0 Å². The number of rotatable bonds is 2. The number of halogens is 1. The highest BCUT2D eigenvalue weighted by atomic mass is 35.7. The van der Waals surface area contributed by atoms with Crippen molar-refractivity contribution in [2.75, 3.05) is 14.1 Å². The van der Waals surface area contributed by atoms with Gasteiger partial charge in [0.15, 0.2) is 5.71 Å². The fourth-order valence-electron chi connectivity index (χ4n) is 3.12. The first-order valence-electron chi connectivity index (χ1n) is 9.69. The molecule has 0 atom stereocenters. The molecule has 0 spiro atoms. The van der Waals surface area contributed by atoms with Crippen LogP contribution in [0.25, 0.3) is 11.6 Å². The summed E-state index contributed by atoms with van der Waals surface area (Å²) in [5, 5.41) is 0. The molecule has 164 valence electrons. The molecule has 1 aliphatic carbocycles. The third kappa shape index (κ3) is 6.88. The number of benzene rings is 2. The van der Waals surface area contributed by atoms with Crippen LogP contribution in [0.2, 0.25) is 0 Å². The lowest BCUT2D eigenvalue weighted by Crippen LogP contribution is -2.68. The van der Waals surface area contributed by atoms with Gasteiger partial charge in [-0.15, -0.1) is 10.2 Å². The van der Waals surface area contributed by atoms with Gasteiger partial charge in [-0.05, 0) is 41.5 Å². The molecule has 32 heavy (non-hydrogen) atoms. The van der Waals surface area contributed by atoms with Crippen molar-refractivity contribution in [3.63, 3.8) is 0 Å². The van der Waals surface area contributed by atoms with E-state index in [1.807, 2.05) is 38.4 Å². The van der Waals surface area contributed by atoms with Gasteiger partial charge in [0, 0.05) is 23.3 Å². The smallest absolute Gasteiger partial charge is 0.199 e. The Hall–Kier alpha value is -3.26. The predicted molar refractivity (Wildman–Crippen MR) is 113 cm³/mol. The van der Waals surface area contributed by atoms with Crippen LogP contribution in [0.5, 0.6) is 5.75 Å². The largest absolute Gasteiger partial charge is 0.456 e. The van der Waals surface area contributed by atoms with Crippen LogP contribution in [0.4, 0.5) is 0 Å². The number of hydrogen-bond donors (Lipinski definition) is 0. The zero-order valence-electron chi connectivity index (χ0n) is 17.6. The van der Waals surface area contributed by atoms with Crippen molar-refractivity contribution >= 4 is 17.4 Å². The standard InChI is InChI=1S/C25H22NO.ClHO4/c1-26(2)22-15-12-19(13-16-22)14-17-25-23(20-8-4-3-5-9-20)18-21-10-6-7-11-24(21)27-25;2-1(3,4)5/h3-18H,1-2H3;(H,2,3,4,5)/q+1;/p-1. The van der Waals surface area contributed by atoms with Crippen LogP contribution >= 0.6 is 0 Å². The Bertz CT molecular complexity index is 1120. The molecule has 1 aliphatic heterocycles. The SMILES string of the molecule is C[N+](C)=C1C=CC(=CC=C2Oc3ccccc3C=C2c2ccccc2)C=C1.[O-][Cl+3]([O-])([O-])[O-]. The van der Waals surface area contributed by atoms with Crippen molar-refractivity contribution in [1.82, 2.24) is 0 Å². The van der Waals surface area contributed by atoms with E-state index in [1.165, 1.54) is 5.71 Å². The molecule has 0 bridgehead atoms. The zero-order chi connectivity index (χ0) is 23.1. The summed E-state index contributed by atoms with van der Waals surface area (Å²) in [6.07, 6.45) is 14.8. The molecule has 4 rings (SSSR count). The van der Waals surface area contributed by atoms with Crippen LogP contribution in [-0.4, -0.2) is 24.4 Å². The van der Waals surface area contributed by atoms with Crippen LogP contribution < -0.4 is 23.4 Å². The maximum atomic E-state index is 8.49. The van der Waals surface area contributed by atoms with Crippen LogP contribution in [-0.2, 0) is 0 Å². The van der Waals surface area contributed by atoms with Gasteiger partial charge >= 0.3 is 0 Å². The third-order valence-electron chi connectivity index (χ3n) is 4.63. The van der Waals surface area contributed by atoms with Gasteiger partial charge < -0.3 is 4.74 Å². The van der Waals surface area contributed by atoms with E-state index in [1.54, 1.807) is 0 Å². The second-order valence-electron chi connectivity index (χ2n) is 7.13. The molecule has 0 fully saturated rings. The number of hydrogen-bond acceptors (Lipinski definition) is 5. The second-order valence-corrected chi connectivity index (χ2v) is 7.88. The molecule has 0 radical (unpaired) electrons. The van der Waals surface area contributed by atoms with Gasteiger partial charge in [-0.25, -0.2) is 23.2 Å². The van der Waals surface area contributed by atoms with Crippen molar-refractivity contribution in [2.24, 2.45) is 0 Å². The number of para-hydroxylation sites is 1. The van der Waals surface area contributed by atoms with Gasteiger partial charge in [0.05, 0.1) is 0 Å². The number of allylic oxidation sites excluding steroid dienone is 8.